The lowest BCUT2D eigenvalue weighted by Crippen LogP contribution is -2.37. The summed E-state index contributed by atoms with van der Waals surface area (Å²) in [5, 5.41) is 12.5. The average Bonchev–Trinajstić information content (AvgIpc) is 2.40. The number of rotatable bonds is 7. The fourth-order valence-electron chi connectivity index (χ4n) is 1.54. The highest BCUT2D eigenvalue weighted by Crippen LogP contribution is 2.28. The van der Waals surface area contributed by atoms with E-state index in [0.29, 0.717) is 29.5 Å². The molecule has 1 aromatic rings. The number of benzene rings is 1. The van der Waals surface area contributed by atoms with Crippen molar-refractivity contribution in [3.63, 3.8) is 0 Å². The van der Waals surface area contributed by atoms with Gasteiger partial charge in [-0.05, 0) is 31.5 Å². The molecular weight excluding hydrogens is 282 g/mol. The summed E-state index contributed by atoms with van der Waals surface area (Å²) >= 11 is 6.06. The van der Waals surface area contributed by atoms with Crippen molar-refractivity contribution in [3.8, 4) is 5.75 Å². The quantitative estimate of drug-likeness (QED) is 0.755. The molecule has 2 N–H and O–H groups in total. The van der Waals surface area contributed by atoms with Crippen LogP contribution in [0.25, 0.3) is 0 Å². The minimum atomic E-state index is -0.665. The normalized spacial score (nSPS) is 13.7. The van der Waals surface area contributed by atoms with Crippen LogP contribution in [-0.2, 0) is 9.53 Å². The molecule has 0 saturated carbocycles. The van der Waals surface area contributed by atoms with Crippen molar-refractivity contribution in [1.82, 2.24) is 5.32 Å². The Morgan fingerprint density at radius 2 is 2.15 bits per heavy atom. The molecule has 0 heterocycles. The number of halogens is 1. The maximum absolute atomic E-state index is 11.7. The van der Waals surface area contributed by atoms with Crippen LogP contribution in [-0.4, -0.2) is 37.4 Å². The molecule has 2 atom stereocenters. The van der Waals surface area contributed by atoms with Gasteiger partial charge in [-0.1, -0.05) is 17.7 Å². The predicted octanol–water partition coefficient (Wildman–Crippen LogP) is 1.92. The summed E-state index contributed by atoms with van der Waals surface area (Å²) in [5.74, 6) is 0.170. The van der Waals surface area contributed by atoms with Crippen LogP contribution in [0.2, 0.25) is 5.02 Å². The Morgan fingerprint density at radius 3 is 2.70 bits per heavy atom. The second-order valence-electron chi connectivity index (χ2n) is 4.41. The highest BCUT2D eigenvalue weighted by molar-refractivity contribution is 6.32. The van der Waals surface area contributed by atoms with Crippen LogP contribution in [0.3, 0.4) is 0 Å². The largest absolute Gasteiger partial charge is 0.479 e. The van der Waals surface area contributed by atoms with Crippen molar-refractivity contribution in [2.24, 2.45) is 0 Å². The van der Waals surface area contributed by atoms with E-state index in [1.807, 2.05) is 0 Å². The maximum Gasteiger partial charge on any atom is 0.260 e. The van der Waals surface area contributed by atoms with Crippen molar-refractivity contribution in [2.45, 2.75) is 26.1 Å². The van der Waals surface area contributed by atoms with Crippen LogP contribution in [0, 0.1) is 0 Å². The van der Waals surface area contributed by atoms with Crippen molar-refractivity contribution in [2.75, 3.05) is 20.3 Å². The second-order valence-corrected chi connectivity index (χ2v) is 4.82. The van der Waals surface area contributed by atoms with Gasteiger partial charge in [0.05, 0.1) is 17.7 Å². The first-order chi connectivity index (χ1) is 9.45. The predicted molar refractivity (Wildman–Crippen MR) is 77.1 cm³/mol. The third-order valence-electron chi connectivity index (χ3n) is 2.72. The van der Waals surface area contributed by atoms with Gasteiger partial charge in [0.2, 0.25) is 0 Å². The first-order valence-electron chi connectivity index (χ1n) is 6.36. The summed E-state index contributed by atoms with van der Waals surface area (Å²) in [6, 6.07) is 4.97. The number of aliphatic hydroxyl groups is 1. The van der Waals surface area contributed by atoms with E-state index in [0.717, 1.165) is 0 Å². The molecular formula is C14H20ClNO4. The maximum atomic E-state index is 11.7. The van der Waals surface area contributed by atoms with E-state index in [1.54, 1.807) is 39.2 Å². The lowest BCUT2D eigenvalue weighted by molar-refractivity contribution is -0.127. The van der Waals surface area contributed by atoms with E-state index in [2.05, 4.69) is 5.32 Å². The molecule has 0 aromatic heterocycles. The molecule has 1 aromatic carbocycles. The number of amides is 1. The van der Waals surface area contributed by atoms with Crippen LogP contribution < -0.4 is 10.1 Å². The molecule has 5 nitrogen and oxygen atoms in total. The summed E-state index contributed by atoms with van der Waals surface area (Å²) in [4.78, 5) is 11.7. The monoisotopic (exact) mass is 301 g/mol. The van der Waals surface area contributed by atoms with Gasteiger partial charge in [-0.3, -0.25) is 4.79 Å². The zero-order chi connectivity index (χ0) is 15.1. The number of nitrogens with one attached hydrogen (secondary N) is 1. The minimum Gasteiger partial charge on any atom is -0.479 e. The average molecular weight is 302 g/mol. The van der Waals surface area contributed by atoms with E-state index in [9.17, 15) is 9.90 Å². The lowest BCUT2D eigenvalue weighted by atomic mass is 10.1. The molecule has 0 radical (unpaired) electrons. The van der Waals surface area contributed by atoms with Crippen LogP contribution >= 0.6 is 11.6 Å². The zero-order valence-corrected chi connectivity index (χ0v) is 12.6. The molecule has 0 aliphatic heterocycles. The number of carbonyl (C=O) groups is 1. The SMILES string of the molecule is COCCNC(=O)C(C)Oc1ccc([C@H](C)O)cc1Cl. The van der Waals surface area contributed by atoms with E-state index < -0.39 is 12.2 Å². The molecule has 112 valence electrons. The molecule has 6 heteroatoms. The van der Waals surface area contributed by atoms with E-state index in [1.165, 1.54) is 0 Å². The Kier molecular flexibility index (Phi) is 6.78. The van der Waals surface area contributed by atoms with Crippen LogP contribution in [0.1, 0.15) is 25.5 Å². The number of hydrogen-bond donors (Lipinski definition) is 2. The molecule has 1 amide bonds. The van der Waals surface area contributed by atoms with Crippen molar-refractivity contribution in [3.05, 3.63) is 28.8 Å². The molecule has 20 heavy (non-hydrogen) atoms. The van der Waals surface area contributed by atoms with Crippen LogP contribution in [0.15, 0.2) is 18.2 Å². The first-order valence-corrected chi connectivity index (χ1v) is 6.74. The summed E-state index contributed by atoms with van der Waals surface area (Å²) in [7, 11) is 1.57. The van der Waals surface area contributed by atoms with Gasteiger partial charge in [0.15, 0.2) is 6.10 Å². The molecule has 1 unspecified atom stereocenters. The van der Waals surface area contributed by atoms with Gasteiger partial charge < -0.3 is 19.9 Å². The Bertz CT molecular complexity index is 451. The number of methoxy groups -OCH3 is 1. The fraction of sp³-hybridized carbons (Fsp3) is 0.500. The molecule has 0 fully saturated rings. The lowest BCUT2D eigenvalue weighted by Gasteiger charge is -2.16. The van der Waals surface area contributed by atoms with Gasteiger partial charge in [-0.15, -0.1) is 0 Å². The van der Waals surface area contributed by atoms with Gasteiger partial charge in [0.1, 0.15) is 5.75 Å². The fourth-order valence-corrected chi connectivity index (χ4v) is 1.77. The Morgan fingerprint density at radius 1 is 1.45 bits per heavy atom. The zero-order valence-electron chi connectivity index (χ0n) is 11.9. The molecule has 1 rings (SSSR count). The Hall–Kier alpha value is -1.30. The Labute approximate surface area is 123 Å². The number of ether oxygens (including phenoxy) is 2. The van der Waals surface area contributed by atoms with Crippen molar-refractivity contribution >= 4 is 17.5 Å². The molecule has 0 aliphatic carbocycles. The van der Waals surface area contributed by atoms with E-state index >= 15 is 0 Å². The molecule has 0 spiro atoms. The molecule has 0 bridgehead atoms. The van der Waals surface area contributed by atoms with Gasteiger partial charge in [-0.25, -0.2) is 0 Å². The summed E-state index contributed by atoms with van der Waals surface area (Å²) in [6.07, 6.45) is -1.27. The second kappa shape index (κ2) is 8.09. The smallest absolute Gasteiger partial charge is 0.260 e. The standard InChI is InChI=1S/C14H20ClNO4/c1-9(17)11-4-5-13(12(15)8-11)20-10(2)14(18)16-6-7-19-3/h4-5,8-10,17H,6-7H2,1-3H3,(H,16,18)/t9-,10?/m0/s1. The topological polar surface area (TPSA) is 67.8 Å². The van der Waals surface area contributed by atoms with Crippen molar-refractivity contribution in [1.29, 1.82) is 0 Å². The van der Waals surface area contributed by atoms with Gasteiger partial charge in [0, 0.05) is 13.7 Å². The van der Waals surface area contributed by atoms with Crippen LogP contribution in [0.4, 0.5) is 0 Å². The van der Waals surface area contributed by atoms with E-state index in [4.69, 9.17) is 21.1 Å². The highest BCUT2D eigenvalue weighted by atomic mass is 35.5. The summed E-state index contributed by atoms with van der Waals surface area (Å²) in [6.45, 7) is 4.17. The molecule has 0 aliphatic rings. The minimum absolute atomic E-state index is 0.238. The molecule has 0 saturated heterocycles. The van der Waals surface area contributed by atoms with Crippen molar-refractivity contribution < 1.29 is 19.4 Å². The Balaban J connectivity index is 2.61. The van der Waals surface area contributed by atoms with E-state index in [-0.39, 0.29) is 5.91 Å². The first kappa shape index (κ1) is 16.8. The van der Waals surface area contributed by atoms with Crippen LogP contribution in [0.5, 0.6) is 5.75 Å². The number of carbonyl (C=O) groups excluding carboxylic acids is 1. The number of hydrogen-bond acceptors (Lipinski definition) is 4. The van der Waals surface area contributed by atoms with Gasteiger partial charge >= 0.3 is 0 Å². The van der Waals surface area contributed by atoms with Gasteiger partial charge in [-0.2, -0.15) is 0 Å². The number of aliphatic hydroxyl groups excluding tert-OH is 1. The third kappa shape index (κ3) is 5.00. The highest BCUT2D eigenvalue weighted by Gasteiger charge is 2.16. The summed E-state index contributed by atoms with van der Waals surface area (Å²) < 4.78 is 10.4. The third-order valence-corrected chi connectivity index (χ3v) is 3.01. The summed E-state index contributed by atoms with van der Waals surface area (Å²) in [5.41, 5.74) is 0.694. The van der Waals surface area contributed by atoms with Gasteiger partial charge in [0.25, 0.3) is 5.91 Å².